The molecular formula is C21H34N4O. The first-order valence-electron chi connectivity index (χ1n) is 10.4. The standard InChI is InChI=1S/C21H34N4O/c1-4-6-12-25-16-21(11-9-20(25)26)10-7-13-24(15-21)19-14-17(3)22-18(23-19)8-5-2/h14H,4-13,15-16H2,1-3H3. The number of hydrogen-bond acceptors (Lipinski definition) is 4. The Bertz CT molecular complexity index is 632. The Kier molecular flexibility index (Phi) is 6.15. The fraction of sp³-hybridized carbons (Fsp3) is 0.762. The number of aryl methyl sites for hydroxylation is 2. The molecule has 2 aliphatic heterocycles. The van der Waals surface area contributed by atoms with Crippen molar-refractivity contribution in [2.24, 2.45) is 5.41 Å². The molecule has 0 N–H and O–H groups in total. The lowest BCUT2D eigenvalue weighted by Gasteiger charge is -2.48. The van der Waals surface area contributed by atoms with Crippen LogP contribution in [0.2, 0.25) is 0 Å². The molecule has 1 aromatic rings. The summed E-state index contributed by atoms with van der Waals surface area (Å²) in [6.45, 7) is 10.4. The van der Waals surface area contributed by atoms with Gasteiger partial charge < -0.3 is 9.80 Å². The van der Waals surface area contributed by atoms with Gasteiger partial charge in [-0.3, -0.25) is 4.79 Å². The molecule has 144 valence electrons. The van der Waals surface area contributed by atoms with Crippen LogP contribution in [-0.2, 0) is 11.2 Å². The minimum absolute atomic E-state index is 0.240. The molecule has 0 aliphatic carbocycles. The Morgan fingerprint density at radius 2 is 2.00 bits per heavy atom. The van der Waals surface area contributed by atoms with Gasteiger partial charge in [0.2, 0.25) is 5.91 Å². The zero-order valence-electron chi connectivity index (χ0n) is 16.8. The van der Waals surface area contributed by atoms with Crippen molar-refractivity contribution in [3.63, 3.8) is 0 Å². The lowest BCUT2D eigenvalue weighted by atomic mass is 9.73. The van der Waals surface area contributed by atoms with E-state index in [0.29, 0.717) is 12.3 Å². The molecule has 2 fully saturated rings. The minimum atomic E-state index is 0.240. The van der Waals surface area contributed by atoms with E-state index in [1.807, 2.05) is 0 Å². The average Bonchev–Trinajstić information content (AvgIpc) is 2.63. The second-order valence-electron chi connectivity index (χ2n) is 8.23. The van der Waals surface area contributed by atoms with E-state index in [1.54, 1.807) is 0 Å². The summed E-state index contributed by atoms with van der Waals surface area (Å²) in [6, 6.07) is 2.13. The molecule has 26 heavy (non-hydrogen) atoms. The van der Waals surface area contributed by atoms with Crippen molar-refractivity contribution >= 4 is 11.7 Å². The Hall–Kier alpha value is -1.65. The van der Waals surface area contributed by atoms with Gasteiger partial charge in [0.15, 0.2) is 0 Å². The summed E-state index contributed by atoms with van der Waals surface area (Å²) in [6.07, 6.45) is 8.40. The Morgan fingerprint density at radius 3 is 2.77 bits per heavy atom. The molecule has 2 aliphatic rings. The molecule has 3 heterocycles. The van der Waals surface area contributed by atoms with E-state index in [2.05, 4.69) is 41.6 Å². The predicted molar refractivity (Wildman–Crippen MR) is 105 cm³/mol. The van der Waals surface area contributed by atoms with E-state index >= 15 is 0 Å². The summed E-state index contributed by atoms with van der Waals surface area (Å²) >= 11 is 0. The van der Waals surface area contributed by atoms with Crippen LogP contribution < -0.4 is 4.90 Å². The first kappa shape index (κ1) is 19.1. The number of amides is 1. The number of anilines is 1. The first-order valence-corrected chi connectivity index (χ1v) is 10.4. The summed E-state index contributed by atoms with van der Waals surface area (Å²) in [5, 5.41) is 0. The molecule has 0 radical (unpaired) electrons. The van der Waals surface area contributed by atoms with Crippen LogP contribution in [-0.4, -0.2) is 47.0 Å². The molecule has 1 atom stereocenters. The number of nitrogens with zero attached hydrogens (tertiary/aromatic N) is 4. The van der Waals surface area contributed by atoms with Crippen molar-refractivity contribution in [1.29, 1.82) is 0 Å². The molecule has 0 saturated carbocycles. The third-order valence-electron chi connectivity index (χ3n) is 5.88. The van der Waals surface area contributed by atoms with Gasteiger partial charge in [-0.05, 0) is 39.0 Å². The summed E-state index contributed by atoms with van der Waals surface area (Å²) in [5.41, 5.74) is 1.30. The van der Waals surface area contributed by atoms with Crippen LogP contribution in [0, 0.1) is 12.3 Å². The SMILES string of the molecule is CCCCN1CC2(CCCN(c3cc(C)nc(CCC)n3)C2)CCC1=O. The van der Waals surface area contributed by atoms with Gasteiger partial charge in [-0.25, -0.2) is 9.97 Å². The Balaban J connectivity index is 1.75. The molecule has 2 saturated heterocycles. The van der Waals surface area contributed by atoms with Crippen LogP contribution in [0.25, 0.3) is 0 Å². The maximum absolute atomic E-state index is 12.3. The Morgan fingerprint density at radius 1 is 1.15 bits per heavy atom. The summed E-state index contributed by atoms with van der Waals surface area (Å²) < 4.78 is 0. The number of aromatic nitrogens is 2. The minimum Gasteiger partial charge on any atom is -0.356 e. The highest BCUT2D eigenvalue weighted by atomic mass is 16.2. The van der Waals surface area contributed by atoms with Gasteiger partial charge in [0.05, 0.1) is 0 Å². The van der Waals surface area contributed by atoms with Crippen LogP contribution in [0.3, 0.4) is 0 Å². The largest absolute Gasteiger partial charge is 0.356 e. The van der Waals surface area contributed by atoms with Crippen LogP contribution in [0.5, 0.6) is 0 Å². The molecule has 0 bridgehead atoms. The van der Waals surface area contributed by atoms with E-state index in [4.69, 9.17) is 4.98 Å². The molecule has 1 unspecified atom stereocenters. The van der Waals surface area contributed by atoms with Gasteiger partial charge in [-0.15, -0.1) is 0 Å². The second kappa shape index (κ2) is 8.36. The first-order chi connectivity index (χ1) is 12.5. The summed E-state index contributed by atoms with van der Waals surface area (Å²) in [7, 11) is 0. The van der Waals surface area contributed by atoms with E-state index in [1.165, 1.54) is 12.8 Å². The number of hydrogen-bond donors (Lipinski definition) is 0. The molecule has 1 aromatic heterocycles. The van der Waals surface area contributed by atoms with Crippen LogP contribution in [0.15, 0.2) is 6.07 Å². The highest BCUT2D eigenvalue weighted by Gasteiger charge is 2.41. The van der Waals surface area contributed by atoms with Crippen LogP contribution in [0.1, 0.15) is 70.3 Å². The molecule has 5 heteroatoms. The van der Waals surface area contributed by atoms with Crippen LogP contribution in [0.4, 0.5) is 5.82 Å². The number of carbonyl (C=O) groups is 1. The third kappa shape index (κ3) is 4.36. The molecule has 3 rings (SSSR count). The van der Waals surface area contributed by atoms with Gasteiger partial charge >= 0.3 is 0 Å². The number of carbonyl (C=O) groups excluding carboxylic acids is 1. The molecule has 1 amide bonds. The van der Waals surface area contributed by atoms with E-state index in [0.717, 1.165) is 75.6 Å². The van der Waals surface area contributed by atoms with Crippen molar-refractivity contribution in [2.75, 3.05) is 31.1 Å². The Labute approximate surface area is 158 Å². The quantitative estimate of drug-likeness (QED) is 0.777. The number of rotatable bonds is 6. The van der Waals surface area contributed by atoms with Gasteiger partial charge in [0.25, 0.3) is 0 Å². The lowest BCUT2D eigenvalue weighted by Crippen LogP contribution is -2.54. The van der Waals surface area contributed by atoms with Crippen molar-refractivity contribution in [1.82, 2.24) is 14.9 Å². The average molecular weight is 359 g/mol. The predicted octanol–water partition coefficient (Wildman–Crippen LogP) is 3.75. The maximum atomic E-state index is 12.3. The molecular weight excluding hydrogens is 324 g/mol. The fourth-order valence-corrected chi connectivity index (χ4v) is 4.50. The van der Waals surface area contributed by atoms with E-state index < -0.39 is 0 Å². The summed E-state index contributed by atoms with van der Waals surface area (Å²) in [4.78, 5) is 26.3. The number of unbranched alkanes of at least 4 members (excludes halogenated alkanes) is 1. The van der Waals surface area contributed by atoms with Gasteiger partial charge in [0.1, 0.15) is 11.6 Å². The zero-order chi connectivity index (χ0) is 18.6. The normalized spacial score (nSPS) is 23.7. The van der Waals surface area contributed by atoms with E-state index in [9.17, 15) is 4.79 Å². The number of likely N-dealkylation sites (tertiary alicyclic amines) is 1. The topological polar surface area (TPSA) is 49.3 Å². The van der Waals surface area contributed by atoms with E-state index in [-0.39, 0.29) is 5.41 Å². The third-order valence-corrected chi connectivity index (χ3v) is 5.88. The van der Waals surface area contributed by atoms with Crippen molar-refractivity contribution in [3.05, 3.63) is 17.6 Å². The smallest absolute Gasteiger partial charge is 0.222 e. The van der Waals surface area contributed by atoms with Crippen molar-refractivity contribution < 1.29 is 4.79 Å². The highest BCUT2D eigenvalue weighted by Crippen LogP contribution is 2.40. The van der Waals surface area contributed by atoms with Crippen molar-refractivity contribution in [3.8, 4) is 0 Å². The molecule has 5 nitrogen and oxygen atoms in total. The number of piperidine rings is 2. The maximum Gasteiger partial charge on any atom is 0.222 e. The zero-order valence-corrected chi connectivity index (χ0v) is 16.8. The second-order valence-corrected chi connectivity index (χ2v) is 8.23. The highest BCUT2D eigenvalue weighted by molar-refractivity contribution is 5.77. The fourth-order valence-electron chi connectivity index (χ4n) is 4.50. The molecule has 0 aromatic carbocycles. The summed E-state index contributed by atoms with van der Waals surface area (Å²) in [5.74, 6) is 2.40. The van der Waals surface area contributed by atoms with Crippen molar-refractivity contribution in [2.45, 2.75) is 72.1 Å². The molecule has 1 spiro atoms. The monoisotopic (exact) mass is 358 g/mol. The van der Waals surface area contributed by atoms with Gasteiger partial charge in [-0.1, -0.05) is 20.3 Å². The lowest BCUT2D eigenvalue weighted by molar-refractivity contribution is -0.137. The van der Waals surface area contributed by atoms with Gasteiger partial charge in [-0.2, -0.15) is 0 Å². The van der Waals surface area contributed by atoms with Crippen LogP contribution >= 0.6 is 0 Å². The van der Waals surface area contributed by atoms with Gasteiger partial charge in [0, 0.05) is 56.2 Å².